The smallest absolute Gasteiger partial charge is 0.176 e. The second kappa shape index (κ2) is 6.46. The minimum Gasteiger partial charge on any atom is -0.492 e. The van der Waals surface area contributed by atoms with E-state index >= 15 is 0 Å². The highest BCUT2D eigenvalue weighted by atomic mass is 35.5. The SMILES string of the molecule is Cn1nnc(CC(COc2ccc(Cl)cc2)NN)n1. The molecular weight excluding hydrogens is 268 g/mol. The Morgan fingerprint density at radius 3 is 2.74 bits per heavy atom. The van der Waals surface area contributed by atoms with Gasteiger partial charge in [0.1, 0.15) is 12.4 Å². The topological polar surface area (TPSA) is 90.9 Å². The van der Waals surface area contributed by atoms with Crippen molar-refractivity contribution in [1.82, 2.24) is 25.6 Å². The van der Waals surface area contributed by atoms with Crippen LogP contribution < -0.4 is 16.0 Å². The zero-order chi connectivity index (χ0) is 13.7. The molecule has 1 aromatic carbocycles. The average molecular weight is 283 g/mol. The molecule has 0 radical (unpaired) electrons. The number of hydrogen-bond donors (Lipinski definition) is 2. The lowest BCUT2D eigenvalue weighted by molar-refractivity contribution is 0.262. The standard InChI is InChI=1S/C11H15ClN6O/c1-18-16-11(15-17-18)6-9(14-13)7-19-10-4-2-8(12)3-5-10/h2-5,9,14H,6-7,13H2,1H3. The van der Waals surface area contributed by atoms with Gasteiger partial charge < -0.3 is 4.74 Å². The third kappa shape index (κ3) is 4.16. The predicted molar refractivity (Wildman–Crippen MR) is 70.6 cm³/mol. The first-order valence-electron chi connectivity index (χ1n) is 5.74. The molecule has 2 rings (SSSR count). The number of rotatable bonds is 6. The quantitative estimate of drug-likeness (QED) is 0.586. The second-order valence-electron chi connectivity index (χ2n) is 4.03. The number of nitrogens with two attached hydrogens (primary N) is 1. The number of hydrogen-bond acceptors (Lipinski definition) is 6. The van der Waals surface area contributed by atoms with Crippen LogP contribution in [0, 0.1) is 0 Å². The molecule has 0 aliphatic carbocycles. The zero-order valence-electron chi connectivity index (χ0n) is 10.5. The van der Waals surface area contributed by atoms with Gasteiger partial charge in [-0.3, -0.25) is 11.3 Å². The summed E-state index contributed by atoms with van der Waals surface area (Å²) >= 11 is 5.80. The summed E-state index contributed by atoms with van der Waals surface area (Å²) in [5.41, 5.74) is 2.67. The van der Waals surface area contributed by atoms with Crippen LogP contribution in [-0.2, 0) is 13.5 Å². The molecule has 8 heteroatoms. The van der Waals surface area contributed by atoms with Gasteiger partial charge in [-0.15, -0.1) is 10.2 Å². The van der Waals surface area contributed by atoms with Gasteiger partial charge in [-0.05, 0) is 29.5 Å². The number of aromatic nitrogens is 4. The van der Waals surface area contributed by atoms with Crippen LogP contribution in [0.2, 0.25) is 5.02 Å². The first-order chi connectivity index (χ1) is 9.17. The predicted octanol–water partition coefficient (Wildman–Crippen LogP) is 0.317. The zero-order valence-corrected chi connectivity index (χ0v) is 11.2. The van der Waals surface area contributed by atoms with E-state index in [4.69, 9.17) is 22.2 Å². The van der Waals surface area contributed by atoms with Crippen molar-refractivity contribution in [2.45, 2.75) is 12.5 Å². The molecule has 1 atom stereocenters. The van der Waals surface area contributed by atoms with Gasteiger partial charge in [0.15, 0.2) is 5.82 Å². The number of hydrazine groups is 1. The van der Waals surface area contributed by atoms with Gasteiger partial charge in [-0.25, -0.2) is 0 Å². The van der Waals surface area contributed by atoms with Crippen LogP contribution in [0.1, 0.15) is 5.82 Å². The van der Waals surface area contributed by atoms with E-state index in [-0.39, 0.29) is 6.04 Å². The van der Waals surface area contributed by atoms with Crippen LogP contribution in [0.4, 0.5) is 0 Å². The molecule has 0 saturated heterocycles. The molecule has 19 heavy (non-hydrogen) atoms. The van der Waals surface area contributed by atoms with E-state index in [1.165, 1.54) is 4.80 Å². The van der Waals surface area contributed by atoms with E-state index in [9.17, 15) is 0 Å². The monoisotopic (exact) mass is 282 g/mol. The number of halogens is 1. The Bertz CT molecular complexity index is 514. The lowest BCUT2D eigenvalue weighted by Gasteiger charge is -2.15. The highest BCUT2D eigenvalue weighted by Crippen LogP contribution is 2.15. The van der Waals surface area contributed by atoms with E-state index in [1.54, 1.807) is 31.3 Å². The Morgan fingerprint density at radius 1 is 1.42 bits per heavy atom. The summed E-state index contributed by atoms with van der Waals surface area (Å²) < 4.78 is 5.61. The molecule has 0 spiro atoms. The Labute approximate surface area is 115 Å². The highest BCUT2D eigenvalue weighted by molar-refractivity contribution is 6.30. The fourth-order valence-electron chi connectivity index (χ4n) is 1.52. The van der Waals surface area contributed by atoms with Crippen molar-refractivity contribution in [3.63, 3.8) is 0 Å². The summed E-state index contributed by atoms with van der Waals surface area (Å²) in [6.45, 7) is 0.399. The minimum atomic E-state index is -0.0973. The normalized spacial score (nSPS) is 12.4. The minimum absolute atomic E-state index is 0.0973. The van der Waals surface area contributed by atoms with Crippen LogP contribution in [0.5, 0.6) is 5.75 Å². The van der Waals surface area contributed by atoms with Crippen LogP contribution >= 0.6 is 11.6 Å². The first kappa shape index (κ1) is 13.7. The maximum Gasteiger partial charge on any atom is 0.176 e. The largest absolute Gasteiger partial charge is 0.492 e. The van der Waals surface area contributed by atoms with E-state index < -0.39 is 0 Å². The molecule has 0 fully saturated rings. The summed E-state index contributed by atoms with van der Waals surface area (Å²) in [6, 6.07) is 7.05. The fourth-order valence-corrected chi connectivity index (χ4v) is 1.65. The molecule has 0 bridgehead atoms. The number of nitrogens with one attached hydrogen (secondary N) is 1. The van der Waals surface area contributed by atoms with Crippen molar-refractivity contribution < 1.29 is 4.74 Å². The summed E-state index contributed by atoms with van der Waals surface area (Å²) in [5.74, 6) is 6.83. The molecule has 7 nitrogen and oxygen atoms in total. The molecule has 1 heterocycles. The van der Waals surface area contributed by atoms with Gasteiger partial charge in [-0.2, -0.15) is 4.80 Å². The molecule has 2 aromatic rings. The molecule has 3 N–H and O–H groups in total. The lowest BCUT2D eigenvalue weighted by atomic mass is 10.2. The van der Waals surface area contributed by atoms with Crippen LogP contribution in [0.3, 0.4) is 0 Å². The fraction of sp³-hybridized carbons (Fsp3) is 0.364. The highest BCUT2D eigenvalue weighted by Gasteiger charge is 2.12. The van der Waals surface area contributed by atoms with Gasteiger partial charge in [0.05, 0.1) is 13.1 Å². The maximum atomic E-state index is 5.80. The van der Waals surface area contributed by atoms with Gasteiger partial charge in [-0.1, -0.05) is 11.6 Å². The third-order valence-electron chi connectivity index (χ3n) is 2.48. The number of nitrogens with zero attached hydrogens (tertiary/aromatic N) is 4. The number of tetrazole rings is 1. The second-order valence-corrected chi connectivity index (χ2v) is 4.46. The Hall–Kier alpha value is -1.70. The first-order valence-corrected chi connectivity index (χ1v) is 6.12. The molecule has 0 saturated carbocycles. The molecule has 1 unspecified atom stereocenters. The molecule has 102 valence electrons. The molecule has 1 aromatic heterocycles. The lowest BCUT2D eigenvalue weighted by Crippen LogP contribution is -2.41. The molecule has 0 amide bonds. The van der Waals surface area contributed by atoms with E-state index in [0.29, 0.717) is 23.9 Å². The summed E-state index contributed by atoms with van der Waals surface area (Å²) in [4.78, 5) is 1.41. The van der Waals surface area contributed by atoms with E-state index in [1.807, 2.05) is 0 Å². The van der Waals surface area contributed by atoms with E-state index in [2.05, 4.69) is 20.8 Å². The number of ether oxygens (including phenoxy) is 1. The summed E-state index contributed by atoms with van der Waals surface area (Å²) in [5, 5.41) is 12.4. The van der Waals surface area contributed by atoms with Gasteiger partial charge in [0.2, 0.25) is 0 Å². The number of benzene rings is 1. The van der Waals surface area contributed by atoms with Gasteiger partial charge >= 0.3 is 0 Å². The Morgan fingerprint density at radius 2 is 2.16 bits per heavy atom. The van der Waals surface area contributed by atoms with Gasteiger partial charge in [0, 0.05) is 11.4 Å². The number of aryl methyl sites for hydroxylation is 1. The van der Waals surface area contributed by atoms with Crippen molar-refractivity contribution >= 4 is 11.6 Å². The Balaban J connectivity index is 1.87. The summed E-state index contributed by atoms with van der Waals surface area (Å²) in [7, 11) is 1.71. The van der Waals surface area contributed by atoms with Crippen LogP contribution in [0.15, 0.2) is 24.3 Å². The van der Waals surface area contributed by atoms with Crippen molar-refractivity contribution in [2.24, 2.45) is 12.9 Å². The third-order valence-corrected chi connectivity index (χ3v) is 2.73. The maximum absolute atomic E-state index is 5.80. The van der Waals surface area contributed by atoms with Crippen molar-refractivity contribution in [3.8, 4) is 5.75 Å². The molecule has 0 aliphatic rings. The van der Waals surface area contributed by atoms with Crippen molar-refractivity contribution in [1.29, 1.82) is 0 Å². The molecular formula is C11H15ClN6O. The van der Waals surface area contributed by atoms with Gasteiger partial charge in [0.25, 0.3) is 0 Å². The Kier molecular flexibility index (Phi) is 4.67. The van der Waals surface area contributed by atoms with Crippen molar-refractivity contribution in [3.05, 3.63) is 35.1 Å². The average Bonchev–Trinajstić information content (AvgIpc) is 2.82. The van der Waals surface area contributed by atoms with E-state index in [0.717, 1.165) is 5.75 Å². The summed E-state index contributed by atoms with van der Waals surface area (Å²) in [6.07, 6.45) is 0.540. The van der Waals surface area contributed by atoms with Crippen LogP contribution in [0.25, 0.3) is 0 Å². The van der Waals surface area contributed by atoms with Crippen molar-refractivity contribution in [2.75, 3.05) is 6.61 Å². The molecule has 0 aliphatic heterocycles. The van der Waals surface area contributed by atoms with Crippen LogP contribution in [-0.4, -0.2) is 32.9 Å².